The molecule has 1 aliphatic rings. The zero-order valence-electron chi connectivity index (χ0n) is 14.4. The van der Waals surface area contributed by atoms with Crippen molar-refractivity contribution in [2.45, 2.75) is 19.1 Å². The lowest BCUT2D eigenvalue weighted by atomic mass is 10.0. The average Bonchev–Trinajstić information content (AvgIpc) is 3.04. The van der Waals surface area contributed by atoms with Crippen LogP contribution in [0.2, 0.25) is 0 Å². The largest absolute Gasteiger partial charge is 0.478 e. The molecule has 2 aromatic rings. The van der Waals surface area contributed by atoms with Gasteiger partial charge in [-0.25, -0.2) is 9.59 Å². The van der Waals surface area contributed by atoms with Crippen LogP contribution in [0.25, 0.3) is 0 Å². The summed E-state index contributed by atoms with van der Waals surface area (Å²) in [4.78, 5) is 46.8. The highest BCUT2D eigenvalue weighted by Crippen LogP contribution is 2.41. The highest BCUT2D eigenvalue weighted by molar-refractivity contribution is 7.17. The molecule has 1 aliphatic heterocycles. The molecule has 1 atom stereocenters. The van der Waals surface area contributed by atoms with Gasteiger partial charge in [-0.2, -0.15) is 0 Å². The van der Waals surface area contributed by atoms with Gasteiger partial charge in [0.2, 0.25) is 0 Å². The minimum Gasteiger partial charge on any atom is -0.478 e. The van der Waals surface area contributed by atoms with Crippen LogP contribution in [-0.4, -0.2) is 40.6 Å². The van der Waals surface area contributed by atoms with Crippen LogP contribution in [0, 0.1) is 0 Å². The monoisotopic (exact) mass is 404 g/mol. The van der Waals surface area contributed by atoms with Gasteiger partial charge in [0, 0.05) is 11.4 Å². The third kappa shape index (κ3) is 4.02. The van der Waals surface area contributed by atoms with Gasteiger partial charge in [0.05, 0.1) is 12.2 Å². The molecule has 0 radical (unpaired) electrons. The number of fused-ring (bicyclic) bond motifs is 1. The Bertz CT molecular complexity index is 939. The van der Waals surface area contributed by atoms with Crippen LogP contribution in [0.1, 0.15) is 32.5 Å². The second kappa shape index (κ2) is 8.19. The van der Waals surface area contributed by atoms with Crippen molar-refractivity contribution in [3.05, 3.63) is 51.9 Å². The van der Waals surface area contributed by atoms with E-state index < -0.39 is 29.9 Å². The van der Waals surface area contributed by atoms with Crippen molar-refractivity contribution in [1.29, 1.82) is 0 Å². The molecule has 2 amide bonds. The standard InChI is InChI=1S/C18H16N2O7S/c21-14(19-8-9-4-2-1-3-5-9)12-13-10(6-7-27-12)11(17(23)24)16(28-13)20-15(22)18(25)26/h1-5,12H,6-8H2,(H,19,21)(H,20,22)(H,23,24)(H,25,26). The zero-order chi connectivity index (χ0) is 20.3. The number of carbonyl (C=O) groups excluding carboxylic acids is 2. The predicted octanol–water partition coefficient (Wildman–Crippen LogP) is 1.40. The van der Waals surface area contributed by atoms with Gasteiger partial charge in [-0.05, 0) is 17.5 Å². The first kappa shape index (κ1) is 19.5. The van der Waals surface area contributed by atoms with Gasteiger partial charge in [0.1, 0.15) is 5.00 Å². The first-order chi connectivity index (χ1) is 13.4. The third-order valence-electron chi connectivity index (χ3n) is 4.10. The van der Waals surface area contributed by atoms with Gasteiger partial charge in [-0.3, -0.25) is 9.59 Å². The molecule has 1 aromatic carbocycles. The predicted molar refractivity (Wildman–Crippen MR) is 98.2 cm³/mol. The number of thiophene rings is 1. The number of ether oxygens (including phenoxy) is 1. The molecular formula is C18H16N2O7S. The van der Waals surface area contributed by atoms with Crippen molar-refractivity contribution < 1.29 is 34.1 Å². The van der Waals surface area contributed by atoms with E-state index in [1.807, 2.05) is 30.3 Å². The summed E-state index contributed by atoms with van der Waals surface area (Å²) < 4.78 is 5.53. The van der Waals surface area contributed by atoms with Crippen LogP contribution in [0.5, 0.6) is 0 Å². The smallest absolute Gasteiger partial charge is 0.394 e. The van der Waals surface area contributed by atoms with E-state index in [1.54, 1.807) is 0 Å². The molecule has 2 heterocycles. The Labute approximate surface area is 162 Å². The molecule has 0 saturated carbocycles. The number of anilines is 1. The fourth-order valence-electron chi connectivity index (χ4n) is 2.84. The fourth-order valence-corrected chi connectivity index (χ4v) is 4.13. The van der Waals surface area contributed by atoms with Gasteiger partial charge in [0.25, 0.3) is 5.91 Å². The summed E-state index contributed by atoms with van der Waals surface area (Å²) in [6.07, 6.45) is -0.801. The normalized spacial score (nSPS) is 15.4. The van der Waals surface area contributed by atoms with Crippen molar-refractivity contribution in [3.8, 4) is 0 Å². The zero-order valence-corrected chi connectivity index (χ0v) is 15.2. The Morgan fingerprint density at radius 1 is 1.14 bits per heavy atom. The average molecular weight is 404 g/mol. The lowest BCUT2D eigenvalue weighted by Gasteiger charge is -2.22. The van der Waals surface area contributed by atoms with E-state index in [-0.39, 0.29) is 30.1 Å². The number of carbonyl (C=O) groups is 4. The molecule has 1 unspecified atom stereocenters. The minimum absolute atomic E-state index is 0.125. The summed E-state index contributed by atoms with van der Waals surface area (Å²) in [5.41, 5.74) is 1.04. The number of hydrogen-bond acceptors (Lipinski definition) is 6. The van der Waals surface area contributed by atoms with E-state index >= 15 is 0 Å². The number of carboxylic acid groups (broad SMARTS) is 2. The Kier molecular flexibility index (Phi) is 5.71. The Balaban J connectivity index is 1.86. The topological polar surface area (TPSA) is 142 Å². The number of rotatable bonds is 5. The first-order valence-electron chi connectivity index (χ1n) is 8.25. The van der Waals surface area contributed by atoms with E-state index in [0.29, 0.717) is 10.4 Å². The Morgan fingerprint density at radius 2 is 1.86 bits per heavy atom. The van der Waals surface area contributed by atoms with Crippen molar-refractivity contribution in [2.24, 2.45) is 0 Å². The van der Waals surface area contributed by atoms with Gasteiger partial charge < -0.3 is 25.6 Å². The minimum atomic E-state index is -1.74. The molecule has 0 aliphatic carbocycles. The Morgan fingerprint density at radius 3 is 2.50 bits per heavy atom. The summed E-state index contributed by atoms with van der Waals surface area (Å²) in [5, 5.41) is 22.9. The molecule has 0 bridgehead atoms. The Hall–Kier alpha value is -3.24. The number of aromatic carboxylic acids is 1. The second-order valence-corrected chi connectivity index (χ2v) is 6.97. The van der Waals surface area contributed by atoms with Crippen LogP contribution in [0.4, 0.5) is 5.00 Å². The summed E-state index contributed by atoms with van der Waals surface area (Å²) in [6.45, 7) is 0.397. The van der Waals surface area contributed by atoms with Crippen LogP contribution in [0.15, 0.2) is 30.3 Å². The van der Waals surface area contributed by atoms with Crippen molar-refractivity contribution in [3.63, 3.8) is 0 Å². The quantitative estimate of drug-likeness (QED) is 0.552. The summed E-state index contributed by atoms with van der Waals surface area (Å²) in [5.74, 6) is -4.86. The summed E-state index contributed by atoms with van der Waals surface area (Å²) in [6, 6.07) is 9.23. The van der Waals surface area contributed by atoms with Crippen LogP contribution < -0.4 is 10.6 Å². The number of hydrogen-bond donors (Lipinski definition) is 4. The molecule has 0 saturated heterocycles. The van der Waals surface area contributed by atoms with Crippen LogP contribution >= 0.6 is 11.3 Å². The van der Waals surface area contributed by atoms with E-state index in [2.05, 4.69) is 10.6 Å². The maximum Gasteiger partial charge on any atom is 0.394 e. The van der Waals surface area contributed by atoms with E-state index in [0.717, 1.165) is 16.9 Å². The molecular weight excluding hydrogens is 388 g/mol. The van der Waals surface area contributed by atoms with Gasteiger partial charge >= 0.3 is 17.8 Å². The van der Waals surface area contributed by atoms with Gasteiger partial charge in [-0.1, -0.05) is 30.3 Å². The van der Waals surface area contributed by atoms with E-state index in [9.17, 15) is 24.3 Å². The number of carboxylic acids is 2. The summed E-state index contributed by atoms with van der Waals surface area (Å²) in [7, 11) is 0. The maximum atomic E-state index is 12.6. The molecule has 1 aromatic heterocycles. The number of aliphatic carboxylic acids is 1. The SMILES string of the molecule is O=C(O)C(=O)Nc1sc2c(c1C(=O)O)CCOC2C(=O)NCc1ccccc1. The lowest BCUT2D eigenvalue weighted by molar-refractivity contribution is -0.147. The third-order valence-corrected chi connectivity index (χ3v) is 5.29. The molecule has 9 nitrogen and oxygen atoms in total. The van der Waals surface area contributed by atoms with Crippen molar-refractivity contribution >= 4 is 40.1 Å². The van der Waals surface area contributed by atoms with Crippen LogP contribution in [0.3, 0.4) is 0 Å². The highest BCUT2D eigenvalue weighted by atomic mass is 32.1. The summed E-state index contributed by atoms with van der Waals surface area (Å²) >= 11 is 0.832. The molecule has 28 heavy (non-hydrogen) atoms. The van der Waals surface area contributed by atoms with E-state index in [4.69, 9.17) is 9.84 Å². The van der Waals surface area contributed by atoms with Crippen molar-refractivity contribution in [1.82, 2.24) is 5.32 Å². The number of amides is 2. The molecule has 10 heteroatoms. The van der Waals surface area contributed by atoms with Gasteiger partial charge in [0.15, 0.2) is 6.10 Å². The lowest BCUT2D eigenvalue weighted by Crippen LogP contribution is -2.33. The van der Waals surface area contributed by atoms with Crippen molar-refractivity contribution in [2.75, 3.05) is 11.9 Å². The number of benzene rings is 1. The maximum absolute atomic E-state index is 12.6. The second-order valence-electron chi connectivity index (χ2n) is 5.92. The number of nitrogens with one attached hydrogen (secondary N) is 2. The van der Waals surface area contributed by atoms with E-state index in [1.165, 1.54) is 0 Å². The highest BCUT2D eigenvalue weighted by Gasteiger charge is 2.35. The molecule has 4 N–H and O–H groups in total. The van der Waals surface area contributed by atoms with Gasteiger partial charge in [-0.15, -0.1) is 11.3 Å². The fraction of sp³-hybridized carbons (Fsp3) is 0.222. The molecule has 3 rings (SSSR count). The first-order valence-corrected chi connectivity index (χ1v) is 9.06. The molecule has 0 fully saturated rings. The molecule has 0 spiro atoms. The molecule has 146 valence electrons. The van der Waals surface area contributed by atoms with Crippen LogP contribution in [-0.2, 0) is 32.1 Å².